The fourth-order valence-electron chi connectivity index (χ4n) is 4.39. The summed E-state index contributed by atoms with van der Waals surface area (Å²) in [4.78, 5) is 17.8. The summed E-state index contributed by atoms with van der Waals surface area (Å²) >= 11 is 0. The fraction of sp³-hybridized carbons (Fsp3) is 0.375. The molecule has 0 amide bonds. The summed E-state index contributed by atoms with van der Waals surface area (Å²) in [7, 11) is 3.14. The van der Waals surface area contributed by atoms with Gasteiger partial charge in [-0.2, -0.15) is 0 Å². The molecule has 9 heteroatoms. The van der Waals surface area contributed by atoms with Crippen molar-refractivity contribution in [3.63, 3.8) is 0 Å². The molecule has 1 aliphatic heterocycles. The van der Waals surface area contributed by atoms with Gasteiger partial charge in [-0.15, -0.1) is 0 Å². The van der Waals surface area contributed by atoms with Crippen molar-refractivity contribution in [1.29, 1.82) is 0 Å². The highest BCUT2D eigenvalue weighted by Crippen LogP contribution is 2.40. The van der Waals surface area contributed by atoms with Gasteiger partial charge in [-0.05, 0) is 50.1 Å². The van der Waals surface area contributed by atoms with Crippen molar-refractivity contribution in [3.8, 4) is 11.5 Å². The molecule has 0 saturated carbocycles. The lowest BCUT2D eigenvalue weighted by molar-refractivity contribution is -0.384. The number of pyridine rings is 1. The molecule has 1 saturated heterocycles. The van der Waals surface area contributed by atoms with Crippen molar-refractivity contribution >= 4 is 22.3 Å². The van der Waals surface area contributed by atoms with Crippen LogP contribution in [0.1, 0.15) is 25.3 Å². The highest BCUT2D eigenvalue weighted by Gasteiger charge is 2.32. The molecule has 8 nitrogen and oxygen atoms in total. The van der Waals surface area contributed by atoms with E-state index in [1.807, 2.05) is 24.0 Å². The minimum absolute atomic E-state index is 0.00657. The highest BCUT2D eigenvalue weighted by molar-refractivity contribution is 5.96. The number of benzene rings is 2. The summed E-state index contributed by atoms with van der Waals surface area (Å²) in [5, 5.41) is 12.4. The first kappa shape index (κ1) is 22.7. The number of hydrogen-bond donors (Lipinski definition) is 0. The van der Waals surface area contributed by atoms with Crippen LogP contribution in [0.15, 0.2) is 42.6 Å². The Morgan fingerprint density at radius 2 is 2.06 bits per heavy atom. The number of nitrogens with zero attached hydrogens (tertiary/aromatic N) is 3. The first-order valence-electron chi connectivity index (χ1n) is 10.7. The minimum atomic E-state index is -0.478. The number of aromatic nitrogens is 1. The normalized spacial score (nSPS) is 18.2. The molecule has 0 radical (unpaired) electrons. The molecule has 2 aromatic carbocycles. The number of fused-ring (bicyclic) bond motifs is 1. The highest BCUT2D eigenvalue weighted by atomic mass is 19.1. The van der Waals surface area contributed by atoms with Crippen LogP contribution in [0.4, 0.5) is 15.8 Å². The molecule has 1 aromatic heterocycles. The Morgan fingerprint density at radius 1 is 1.24 bits per heavy atom. The maximum absolute atomic E-state index is 14.3. The second-order valence-electron chi connectivity index (χ2n) is 8.08. The van der Waals surface area contributed by atoms with E-state index in [2.05, 4.69) is 4.98 Å². The zero-order chi connectivity index (χ0) is 23.5. The van der Waals surface area contributed by atoms with Crippen LogP contribution < -0.4 is 14.4 Å². The average Bonchev–Trinajstić information content (AvgIpc) is 2.81. The smallest absolute Gasteiger partial charge is 0.311 e. The van der Waals surface area contributed by atoms with Crippen LogP contribution in [-0.4, -0.2) is 42.9 Å². The predicted molar refractivity (Wildman–Crippen MR) is 123 cm³/mol. The van der Waals surface area contributed by atoms with E-state index in [0.717, 1.165) is 5.56 Å². The first-order valence-corrected chi connectivity index (χ1v) is 10.7. The monoisotopic (exact) mass is 455 g/mol. The topological polar surface area (TPSA) is 87.0 Å². The van der Waals surface area contributed by atoms with Crippen LogP contribution in [0, 0.1) is 15.9 Å². The molecular formula is C24H26FN3O5. The van der Waals surface area contributed by atoms with E-state index < -0.39 is 10.7 Å². The van der Waals surface area contributed by atoms with Gasteiger partial charge in [-0.1, -0.05) is 0 Å². The summed E-state index contributed by atoms with van der Waals surface area (Å²) in [5.41, 5.74) is 1.50. The summed E-state index contributed by atoms with van der Waals surface area (Å²) in [5.74, 6) is 0.768. The van der Waals surface area contributed by atoms with Crippen LogP contribution >= 0.6 is 0 Å². The van der Waals surface area contributed by atoms with Gasteiger partial charge in [0.2, 0.25) is 0 Å². The third-order valence-electron chi connectivity index (χ3n) is 6.00. The van der Waals surface area contributed by atoms with Gasteiger partial charge in [0, 0.05) is 36.2 Å². The van der Waals surface area contributed by atoms with Crippen molar-refractivity contribution in [1.82, 2.24) is 4.98 Å². The van der Waals surface area contributed by atoms with Crippen molar-refractivity contribution in [3.05, 3.63) is 64.1 Å². The number of rotatable bonds is 7. The molecule has 0 N–H and O–H groups in total. The van der Waals surface area contributed by atoms with Crippen LogP contribution in [0.3, 0.4) is 0 Å². The fourth-order valence-corrected chi connectivity index (χ4v) is 4.39. The van der Waals surface area contributed by atoms with E-state index in [9.17, 15) is 14.5 Å². The lowest BCUT2D eigenvalue weighted by Crippen LogP contribution is -2.42. The van der Waals surface area contributed by atoms with Crippen molar-refractivity contribution in [2.75, 3.05) is 25.7 Å². The SMILES string of the molecule is COc1ccc(CN(c2c([N+](=O)[O-])cnc3ccc(F)cc23)[C@@H]2CCO[C@H](C)C2)c(OC)c1. The second-order valence-corrected chi connectivity index (χ2v) is 8.08. The number of ether oxygens (including phenoxy) is 3. The zero-order valence-electron chi connectivity index (χ0n) is 18.8. The van der Waals surface area contributed by atoms with Crippen LogP contribution in [0.5, 0.6) is 11.5 Å². The summed E-state index contributed by atoms with van der Waals surface area (Å²) in [6, 6.07) is 9.57. The number of nitro groups is 1. The van der Waals surface area contributed by atoms with Gasteiger partial charge in [0.1, 0.15) is 29.2 Å². The van der Waals surface area contributed by atoms with Crippen LogP contribution in [0.2, 0.25) is 0 Å². The van der Waals surface area contributed by atoms with Crippen LogP contribution in [0.25, 0.3) is 10.9 Å². The molecule has 1 aliphatic rings. The van der Waals surface area contributed by atoms with E-state index in [-0.39, 0.29) is 17.8 Å². The molecule has 2 atom stereocenters. The number of hydrogen-bond acceptors (Lipinski definition) is 7. The number of methoxy groups -OCH3 is 2. The molecule has 0 bridgehead atoms. The Bertz CT molecular complexity index is 1170. The van der Waals surface area contributed by atoms with Crippen molar-refractivity contribution in [2.24, 2.45) is 0 Å². The Kier molecular flexibility index (Phi) is 6.60. The summed E-state index contributed by atoms with van der Waals surface area (Å²) in [6.45, 7) is 2.84. The third-order valence-corrected chi connectivity index (χ3v) is 6.00. The van der Waals surface area contributed by atoms with E-state index in [1.54, 1.807) is 20.3 Å². The largest absolute Gasteiger partial charge is 0.497 e. The quantitative estimate of drug-likeness (QED) is 0.371. The van der Waals surface area contributed by atoms with Crippen molar-refractivity contribution in [2.45, 2.75) is 38.5 Å². The van der Waals surface area contributed by atoms with E-state index in [0.29, 0.717) is 54.1 Å². The molecule has 174 valence electrons. The first-order chi connectivity index (χ1) is 15.9. The second kappa shape index (κ2) is 9.58. The van der Waals surface area contributed by atoms with Gasteiger partial charge in [-0.3, -0.25) is 10.1 Å². The maximum Gasteiger partial charge on any atom is 0.311 e. The lowest BCUT2D eigenvalue weighted by Gasteiger charge is -2.38. The number of anilines is 1. The molecule has 1 fully saturated rings. The third kappa shape index (κ3) is 4.68. The predicted octanol–water partition coefficient (Wildman–Crippen LogP) is 4.87. The Labute approximate surface area is 191 Å². The molecular weight excluding hydrogens is 429 g/mol. The molecule has 0 unspecified atom stereocenters. The average molecular weight is 455 g/mol. The van der Waals surface area contributed by atoms with Gasteiger partial charge in [0.05, 0.1) is 30.8 Å². The summed E-state index contributed by atoms with van der Waals surface area (Å²) in [6.07, 6.45) is 2.60. The Hall–Kier alpha value is -3.46. The Balaban J connectivity index is 1.91. The van der Waals surface area contributed by atoms with Gasteiger partial charge in [0.25, 0.3) is 0 Å². The van der Waals surface area contributed by atoms with Gasteiger partial charge >= 0.3 is 5.69 Å². The van der Waals surface area contributed by atoms with E-state index in [4.69, 9.17) is 14.2 Å². The Morgan fingerprint density at radius 3 is 2.76 bits per heavy atom. The van der Waals surface area contributed by atoms with Crippen molar-refractivity contribution < 1.29 is 23.5 Å². The molecule has 0 aliphatic carbocycles. The minimum Gasteiger partial charge on any atom is -0.497 e. The van der Waals surface area contributed by atoms with Gasteiger partial charge in [-0.25, -0.2) is 9.37 Å². The standard InChI is InChI=1S/C24H26FN3O5/c1-15-10-18(8-9-33-15)27(14-16-4-6-19(31-2)12-23(16)32-3)24-20-11-17(25)5-7-21(20)26-13-22(24)28(29)30/h4-7,11-13,15,18H,8-10,14H2,1-3H3/t15-,18-/m1/s1. The van der Waals surface area contributed by atoms with E-state index in [1.165, 1.54) is 24.4 Å². The van der Waals surface area contributed by atoms with Crippen LogP contribution in [-0.2, 0) is 11.3 Å². The maximum atomic E-state index is 14.3. The molecule has 3 aromatic rings. The molecule has 0 spiro atoms. The lowest BCUT2D eigenvalue weighted by atomic mass is 9.99. The van der Waals surface area contributed by atoms with E-state index >= 15 is 0 Å². The molecule has 2 heterocycles. The van der Waals surface area contributed by atoms with Gasteiger partial charge in [0.15, 0.2) is 0 Å². The molecule has 33 heavy (non-hydrogen) atoms. The number of halogens is 1. The molecule has 4 rings (SSSR count). The van der Waals surface area contributed by atoms with Gasteiger partial charge < -0.3 is 19.1 Å². The summed E-state index contributed by atoms with van der Waals surface area (Å²) < 4.78 is 30.9. The zero-order valence-corrected chi connectivity index (χ0v) is 18.8.